The van der Waals surface area contributed by atoms with Gasteiger partial charge in [0.05, 0.1) is 4.92 Å². The molecular formula is C15H14N2O4S. The molecule has 0 saturated heterocycles. The van der Waals surface area contributed by atoms with Crippen LogP contribution in [0.4, 0.5) is 11.4 Å². The van der Waals surface area contributed by atoms with Crippen LogP contribution in [-0.4, -0.2) is 17.1 Å². The van der Waals surface area contributed by atoms with E-state index in [0.29, 0.717) is 11.5 Å². The largest absolute Gasteiger partial charge is 0.457 e. The van der Waals surface area contributed by atoms with E-state index in [-0.39, 0.29) is 17.3 Å². The van der Waals surface area contributed by atoms with Gasteiger partial charge in [-0.1, -0.05) is 0 Å². The van der Waals surface area contributed by atoms with Gasteiger partial charge in [0.15, 0.2) is 0 Å². The van der Waals surface area contributed by atoms with Gasteiger partial charge in [-0.3, -0.25) is 14.9 Å². The van der Waals surface area contributed by atoms with Gasteiger partial charge >= 0.3 is 0 Å². The summed E-state index contributed by atoms with van der Waals surface area (Å²) in [4.78, 5) is 22.7. The zero-order chi connectivity index (χ0) is 16.1. The minimum Gasteiger partial charge on any atom is -0.457 e. The minimum absolute atomic E-state index is 0.107. The lowest BCUT2D eigenvalue weighted by Gasteiger charge is -2.09. The molecule has 22 heavy (non-hydrogen) atoms. The van der Waals surface area contributed by atoms with Gasteiger partial charge in [-0.05, 0) is 36.6 Å². The number of benzene rings is 2. The summed E-state index contributed by atoms with van der Waals surface area (Å²) in [5.41, 5.74) is -0.0731. The molecule has 7 heteroatoms. The summed E-state index contributed by atoms with van der Waals surface area (Å²) in [5.74, 6) is 0.635. The number of carbonyl (C=O) groups is 1. The second-order valence-electron chi connectivity index (χ2n) is 4.39. The van der Waals surface area contributed by atoms with E-state index in [1.807, 2.05) is 30.5 Å². The zero-order valence-corrected chi connectivity index (χ0v) is 12.8. The van der Waals surface area contributed by atoms with E-state index >= 15 is 0 Å². The summed E-state index contributed by atoms with van der Waals surface area (Å²) in [5, 5.41) is 13.4. The van der Waals surface area contributed by atoms with Gasteiger partial charge in [-0.25, -0.2) is 0 Å². The van der Waals surface area contributed by atoms with Crippen molar-refractivity contribution in [2.45, 2.75) is 11.8 Å². The molecule has 0 aromatic heterocycles. The van der Waals surface area contributed by atoms with Crippen molar-refractivity contribution in [1.82, 2.24) is 0 Å². The topological polar surface area (TPSA) is 81.5 Å². The summed E-state index contributed by atoms with van der Waals surface area (Å²) >= 11 is 1.62. The fourth-order valence-corrected chi connectivity index (χ4v) is 2.22. The first-order valence-corrected chi connectivity index (χ1v) is 7.60. The highest BCUT2D eigenvalue weighted by atomic mass is 32.2. The smallest absolute Gasteiger partial charge is 0.293 e. The first-order valence-electron chi connectivity index (χ1n) is 6.37. The number of nitro benzene ring substituents is 1. The number of hydrogen-bond acceptors (Lipinski definition) is 5. The van der Waals surface area contributed by atoms with Gasteiger partial charge in [0.1, 0.15) is 17.2 Å². The first-order chi connectivity index (χ1) is 10.5. The van der Waals surface area contributed by atoms with E-state index in [1.54, 1.807) is 11.8 Å². The van der Waals surface area contributed by atoms with Crippen LogP contribution in [0, 0.1) is 10.1 Å². The third-order valence-corrected chi connectivity index (χ3v) is 3.51. The van der Waals surface area contributed by atoms with Gasteiger partial charge in [0.25, 0.3) is 5.69 Å². The number of hydrogen-bond donors (Lipinski definition) is 1. The molecule has 1 amide bonds. The highest BCUT2D eigenvalue weighted by Crippen LogP contribution is 2.32. The number of rotatable bonds is 5. The molecule has 114 valence electrons. The maximum atomic E-state index is 11.2. The van der Waals surface area contributed by atoms with Crippen LogP contribution in [0.2, 0.25) is 0 Å². The highest BCUT2D eigenvalue weighted by molar-refractivity contribution is 7.98. The summed E-state index contributed by atoms with van der Waals surface area (Å²) in [6.45, 7) is 1.29. The van der Waals surface area contributed by atoms with Crippen LogP contribution in [0.3, 0.4) is 0 Å². The lowest BCUT2D eigenvalue weighted by molar-refractivity contribution is -0.383. The molecule has 0 aliphatic heterocycles. The summed E-state index contributed by atoms with van der Waals surface area (Å²) < 4.78 is 5.65. The molecule has 0 unspecified atom stereocenters. The van der Waals surface area contributed by atoms with E-state index in [1.165, 1.54) is 25.1 Å². The Balaban J connectivity index is 2.27. The monoisotopic (exact) mass is 318 g/mol. The molecule has 0 radical (unpaired) electrons. The van der Waals surface area contributed by atoms with Crippen LogP contribution in [0.1, 0.15) is 6.92 Å². The van der Waals surface area contributed by atoms with E-state index in [9.17, 15) is 14.9 Å². The van der Waals surface area contributed by atoms with E-state index in [2.05, 4.69) is 5.32 Å². The molecular weight excluding hydrogens is 304 g/mol. The molecule has 2 aromatic carbocycles. The van der Waals surface area contributed by atoms with Crippen LogP contribution in [0.5, 0.6) is 11.5 Å². The number of anilines is 1. The Morgan fingerprint density at radius 3 is 2.36 bits per heavy atom. The fraction of sp³-hybridized carbons (Fsp3) is 0.133. The Hall–Kier alpha value is -2.54. The Morgan fingerprint density at radius 1 is 1.18 bits per heavy atom. The molecule has 0 atom stereocenters. The molecule has 0 bridgehead atoms. The molecule has 0 fully saturated rings. The van der Waals surface area contributed by atoms with Crippen LogP contribution >= 0.6 is 11.8 Å². The normalized spacial score (nSPS) is 10.1. The van der Waals surface area contributed by atoms with Gasteiger partial charge in [0.2, 0.25) is 5.91 Å². The van der Waals surface area contributed by atoms with Crippen LogP contribution in [0.25, 0.3) is 0 Å². The molecule has 0 saturated carbocycles. The summed E-state index contributed by atoms with van der Waals surface area (Å²) in [6, 6.07) is 11.7. The van der Waals surface area contributed by atoms with Crippen molar-refractivity contribution in [3.8, 4) is 11.5 Å². The molecule has 0 aliphatic rings. The van der Waals surface area contributed by atoms with Crippen LogP contribution in [0.15, 0.2) is 47.4 Å². The van der Waals surface area contributed by atoms with Crippen molar-refractivity contribution in [1.29, 1.82) is 0 Å². The van der Waals surface area contributed by atoms with E-state index < -0.39 is 4.92 Å². The number of nitrogens with one attached hydrogen (secondary N) is 1. The molecule has 2 rings (SSSR count). The van der Waals surface area contributed by atoms with Crippen molar-refractivity contribution in [2.75, 3.05) is 11.6 Å². The van der Waals surface area contributed by atoms with Gasteiger partial charge in [-0.15, -0.1) is 11.8 Å². The summed E-state index contributed by atoms with van der Waals surface area (Å²) in [6.07, 6.45) is 1.98. The highest BCUT2D eigenvalue weighted by Gasteiger charge is 2.16. The lowest BCUT2D eigenvalue weighted by Crippen LogP contribution is -2.08. The van der Waals surface area contributed by atoms with Gasteiger partial charge in [-0.2, -0.15) is 0 Å². The number of nitro groups is 1. The number of amides is 1. The molecule has 6 nitrogen and oxygen atoms in total. The van der Waals surface area contributed by atoms with Gasteiger partial charge < -0.3 is 10.1 Å². The van der Waals surface area contributed by atoms with Gasteiger partial charge in [0, 0.05) is 24.0 Å². The molecule has 2 aromatic rings. The minimum atomic E-state index is -0.553. The predicted molar refractivity (Wildman–Crippen MR) is 85.7 cm³/mol. The second-order valence-corrected chi connectivity index (χ2v) is 5.27. The average molecular weight is 318 g/mol. The predicted octanol–water partition coefficient (Wildman–Crippen LogP) is 4.07. The zero-order valence-electron chi connectivity index (χ0n) is 12.0. The lowest BCUT2D eigenvalue weighted by atomic mass is 10.2. The third-order valence-electron chi connectivity index (χ3n) is 2.77. The van der Waals surface area contributed by atoms with E-state index in [4.69, 9.17) is 4.74 Å². The Labute approximate surface area is 131 Å². The molecule has 0 aliphatic carbocycles. The maximum absolute atomic E-state index is 11.2. The Kier molecular flexibility index (Phi) is 5.00. The quantitative estimate of drug-likeness (QED) is 0.510. The molecule has 0 spiro atoms. The number of nitrogens with zero attached hydrogens (tertiary/aromatic N) is 1. The Bertz CT molecular complexity index is 701. The van der Waals surface area contributed by atoms with Crippen LogP contribution < -0.4 is 10.1 Å². The van der Waals surface area contributed by atoms with Crippen molar-refractivity contribution >= 4 is 29.0 Å². The number of carbonyl (C=O) groups excluding carboxylic acids is 1. The number of thioether (sulfide) groups is 1. The average Bonchev–Trinajstić information content (AvgIpc) is 2.47. The SMILES string of the molecule is CSc1ccc(Oc2ccc([N+](=O)[O-])c(NC(C)=O)c2)cc1. The van der Waals surface area contributed by atoms with Crippen molar-refractivity contribution < 1.29 is 14.5 Å². The molecule has 1 N–H and O–H groups in total. The first kappa shape index (κ1) is 15.8. The Morgan fingerprint density at radius 2 is 1.82 bits per heavy atom. The summed E-state index contributed by atoms with van der Waals surface area (Å²) in [7, 11) is 0. The maximum Gasteiger partial charge on any atom is 0.293 e. The van der Waals surface area contributed by atoms with Crippen molar-refractivity contribution in [3.63, 3.8) is 0 Å². The van der Waals surface area contributed by atoms with Crippen molar-refractivity contribution in [2.24, 2.45) is 0 Å². The molecule has 0 heterocycles. The second kappa shape index (κ2) is 6.95. The fourth-order valence-electron chi connectivity index (χ4n) is 1.81. The number of ether oxygens (including phenoxy) is 1. The van der Waals surface area contributed by atoms with Crippen molar-refractivity contribution in [3.05, 3.63) is 52.6 Å². The van der Waals surface area contributed by atoms with E-state index in [0.717, 1.165) is 4.90 Å². The third kappa shape index (κ3) is 3.98. The van der Waals surface area contributed by atoms with Crippen LogP contribution in [-0.2, 0) is 4.79 Å². The standard InChI is InChI=1S/C15H14N2O4S/c1-10(18)16-14-9-12(5-8-15(14)17(19)20)21-11-3-6-13(22-2)7-4-11/h3-9H,1-2H3,(H,16,18).